The van der Waals surface area contributed by atoms with Crippen LogP contribution in [-0.2, 0) is 4.79 Å². The smallest absolute Gasteiger partial charge is 0.329 e. The molecule has 152 valence electrons. The standard InChI is InChI=1S/C19H19N3O7/c1-10-5-6-12(9-13(10)22(25)26)21-16(18(23)20-19(21)24)11-7-14(27-2)17(29-4)15(8-11)28-3/h5-9,16H,1-4H3,(H,20,23,24). The van der Waals surface area contributed by atoms with Crippen LogP contribution in [0.1, 0.15) is 17.2 Å². The molecule has 2 aromatic rings. The van der Waals surface area contributed by atoms with Crippen LogP contribution < -0.4 is 24.4 Å². The third kappa shape index (κ3) is 3.40. The lowest BCUT2D eigenvalue weighted by molar-refractivity contribution is -0.385. The van der Waals surface area contributed by atoms with Crippen molar-refractivity contribution < 1.29 is 28.7 Å². The number of nitrogens with one attached hydrogen (secondary N) is 1. The van der Waals surface area contributed by atoms with Gasteiger partial charge in [0.1, 0.15) is 6.04 Å². The molecular formula is C19H19N3O7. The van der Waals surface area contributed by atoms with E-state index in [4.69, 9.17) is 14.2 Å². The molecule has 1 heterocycles. The lowest BCUT2D eigenvalue weighted by Gasteiger charge is -2.23. The first kappa shape index (κ1) is 19.9. The fourth-order valence-corrected chi connectivity index (χ4v) is 3.24. The number of hydrogen-bond acceptors (Lipinski definition) is 7. The number of urea groups is 1. The van der Waals surface area contributed by atoms with Crippen molar-refractivity contribution in [3.05, 3.63) is 51.6 Å². The number of nitro groups is 1. The molecule has 2 aromatic carbocycles. The summed E-state index contributed by atoms with van der Waals surface area (Å²) < 4.78 is 15.9. The van der Waals surface area contributed by atoms with Gasteiger partial charge in [0, 0.05) is 11.6 Å². The number of amides is 3. The van der Waals surface area contributed by atoms with Crippen LogP contribution in [0.15, 0.2) is 30.3 Å². The Morgan fingerprint density at radius 3 is 2.17 bits per heavy atom. The van der Waals surface area contributed by atoms with Gasteiger partial charge in [-0.25, -0.2) is 4.79 Å². The Hall–Kier alpha value is -3.82. The van der Waals surface area contributed by atoms with Crippen LogP contribution >= 0.6 is 0 Å². The van der Waals surface area contributed by atoms with Crippen molar-refractivity contribution in [3.8, 4) is 17.2 Å². The van der Waals surface area contributed by atoms with Crippen LogP contribution in [-0.4, -0.2) is 38.2 Å². The Balaban J connectivity index is 2.15. The number of anilines is 1. The number of carbonyl (C=O) groups excluding carboxylic acids is 2. The average molecular weight is 401 g/mol. The van der Waals surface area contributed by atoms with Gasteiger partial charge in [0.05, 0.1) is 31.9 Å². The molecule has 0 aromatic heterocycles. The van der Waals surface area contributed by atoms with E-state index in [9.17, 15) is 19.7 Å². The monoisotopic (exact) mass is 401 g/mol. The quantitative estimate of drug-likeness (QED) is 0.449. The number of imide groups is 1. The van der Waals surface area contributed by atoms with Crippen LogP contribution in [0.4, 0.5) is 16.2 Å². The van der Waals surface area contributed by atoms with Crippen LogP contribution in [0.2, 0.25) is 0 Å². The Morgan fingerprint density at radius 2 is 1.66 bits per heavy atom. The van der Waals surface area contributed by atoms with E-state index in [1.54, 1.807) is 25.1 Å². The van der Waals surface area contributed by atoms with Gasteiger partial charge in [-0.1, -0.05) is 6.07 Å². The highest BCUT2D eigenvalue weighted by Gasteiger charge is 2.42. The zero-order chi connectivity index (χ0) is 21.3. The first-order valence-corrected chi connectivity index (χ1v) is 8.51. The Bertz CT molecular complexity index is 980. The largest absolute Gasteiger partial charge is 0.493 e. The van der Waals surface area contributed by atoms with Gasteiger partial charge >= 0.3 is 6.03 Å². The third-order valence-electron chi connectivity index (χ3n) is 4.63. The van der Waals surface area contributed by atoms with E-state index in [-0.39, 0.29) is 11.4 Å². The van der Waals surface area contributed by atoms with Gasteiger partial charge in [0.15, 0.2) is 11.5 Å². The van der Waals surface area contributed by atoms with Crippen molar-refractivity contribution >= 4 is 23.3 Å². The van der Waals surface area contributed by atoms with Crippen molar-refractivity contribution in [2.24, 2.45) is 0 Å². The molecule has 3 rings (SSSR count). The third-order valence-corrected chi connectivity index (χ3v) is 4.63. The second-order valence-electron chi connectivity index (χ2n) is 6.25. The van der Waals surface area contributed by atoms with Crippen molar-refractivity contribution in [2.45, 2.75) is 13.0 Å². The highest BCUT2D eigenvalue weighted by atomic mass is 16.6. The minimum absolute atomic E-state index is 0.154. The Labute approximate surface area is 166 Å². The van der Waals surface area contributed by atoms with Gasteiger partial charge in [-0.15, -0.1) is 0 Å². The molecule has 1 aliphatic heterocycles. The predicted molar refractivity (Wildman–Crippen MR) is 103 cm³/mol. The van der Waals surface area contributed by atoms with E-state index >= 15 is 0 Å². The van der Waals surface area contributed by atoms with E-state index in [1.807, 2.05) is 0 Å². The first-order chi connectivity index (χ1) is 13.8. The summed E-state index contributed by atoms with van der Waals surface area (Å²) in [7, 11) is 4.31. The number of hydrogen-bond donors (Lipinski definition) is 1. The maximum atomic E-state index is 12.6. The predicted octanol–water partition coefficient (Wildman–Crippen LogP) is 2.73. The molecule has 1 unspecified atom stereocenters. The number of aryl methyl sites for hydroxylation is 1. The Morgan fingerprint density at radius 1 is 1.03 bits per heavy atom. The number of nitrogens with zero attached hydrogens (tertiary/aromatic N) is 2. The summed E-state index contributed by atoms with van der Waals surface area (Å²) in [5.41, 5.74) is 0.891. The summed E-state index contributed by atoms with van der Waals surface area (Å²) in [6.07, 6.45) is 0. The molecule has 1 fully saturated rings. The van der Waals surface area contributed by atoms with Gasteiger partial charge < -0.3 is 14.2 Å². The van der Waals surface area contributed by atoms with E-state index in [1.165, 1.54) is 33.5 Å². The minimum Gasteiger partial charge on any atom is -0.493 e. The van der Waals surface area contributed by atoms with Crippen LogP contribution in [0, 0.1) is 17.0 Å². The van der Waals surface area contributed by atoms with Crippen molar-refractivity contribution in [1.82, 2.24) is 5.32 Å². The molecule has 1 N–H and O–H groups in total. The minimum atomic E-state index is -1.07. The molecule has 0 bridgehead atoms. The zero-order valence-corrected chi connectivity index (χ0v) is 16.2. The normalized spacial score (nSPS) is 15.9. The molecule has 1 saturated heterocycles. The topological polar surface area (TPSA) is 120 Å². The fraction of sp³-hybridized carbons (Fsp3) is 0.263. The summed E-state index contributed by atoms with van der Waals surface area (Å²) in [4.78, 5) is 37.0. The van der Waals surface area contributed by atoms with Crippen molar-refractivity contribution in [1.29, 1.82) is 0 Å². The summed E-state index contributed by atoms with van der Waals surface area (Å²) in [5, 5.41) is 13.5. The maximum Gasteiger partial charge on any atom is 0.329 e. The van der Waals surface area contributed by atoms with Gasteiger partial charge in [0.2, 0.25) is 5.75 Å². The zero-order valence-electron chi connectivity index (χ0n) is 16.2. The number of methoxy groups -OCH3 is 3. The number of benzene rings is 2. The van der Waals surface area contributed by atoms with E-state index < -0.39 is 22.9 Å². The number of nitro benzene ring substituents is 1. The van der Waals surface area contributed by atoms with E-state index in [0.717, 1.165) is 4.90 Å². The van der Waals surface area contributed by atoms with E-state index in [0.29, 0.717) is 28.4 Å². The second-order valence-corrected chi connectivity index (χ2v) is 6.25. The molecule has 1 aliphatic rings. The number of rotatable bonds is 6. The van der Waals surface area contributed by atoms with Gasteiger partial charge in [-0.05, 0) is 30.7 Å². The van der Waals surface area contributed by atoms with Crippen LogP contribution in [0.3, 0.4) is 0 Å². The summed E-state index contributed by atoms with van der Waals surface area (Å²) >= 11 is 0. The SMILES string of the molecule is COc1cc(C2C(=O)NC(=O)N2c2ccc(C)c([N+](=O)[O-])c2)cc(OC)c1OC. The van der Waals surface area contributed by atoms with Crippen molar-refractivity contribution in [3.63, 3.8) is 0 Å². The van der Waals surface area contributed by atoms with Crippen molar-refractivity contribution in [2.75, 3.05) is 26.2 Å². The number of ether oxygens (including phenoxy) is 3. The van der Waals surface area contributed by atoms with Gasteiger partial charge in [-0.2, -0.15) is 0 Å². The molecule has 0 spiro atoms. The highest BCUT2D eigenvalue weighted by Crippen LogP contribution is 2.42. The lowest BCUT2D eigenvalue weighted by Crippen LogP contribution is -2.29. The summed E-state index contributed by atoms with van der Waals surface area (Å²) in [6.45, 7) is 1.59. The second kappa shape index (κ2) is 7.66. The van der Waals surface area contributed by atoms with Crippen LogP contribution in [0.25, 0.3) is 0 Å². The lowest BCUT2D eigenvalue weighted by atomic mass is 10.0. The summed E-state index contributed by atoms with van der Waals surface area (Å²) in [5.74, 6) is 0.376. The molecule has 0 saturated carbocycles. The molecule has 0 radical (unpaired) electrons. The molecule has 0 aliphatic carbocycles. The molecule has 1 atom stereocenters. The van der Waals surface area contributed by atoms with Gasteiger partial charge in [-0.3, -0.25) is 25.1 Å². The van der Waals surface area contributed by atoms with Crippen LogP contribution in [0.5, 0.6) is 17.2 Å². The first-order valence-electron chi connectivity index (χ1n) is 8.51. The molecule has 10 heteroatoms. The average Bonchev–Trinajstić information content (AvgIpc) is 3.00. The molecule has 3 amide bonds. The molecule has 29 heavy (non-hydrogen) atoms. The number of carbonyl (C=O) groups is 2. The van der Waals surface area contributed by atoms with Gasteiger partial charge in [0.25, 0.3) is 11.6 Å². The molecular weight excluding hydrogens is 382 g/mol. The molecule has 10 nitrogen and oxygen atoms in total. The maximum absolute atomic E-state index is 12.6. The van der Waals surface area contributed by atoms with E-state index in [2.05, 4.69) is 5.32 Å². The fourth-order valence-electron chi connectivity index (χ4n) is 3.24. The highest BCUT2D eigenvalue weighted by molar-refractivity contribution is 6.14. The summed E-state index contributed by atoms with van der Waals surface area (Å²) in [6, 6.07) is 5.68. The Kier molecular flexibility index (Phi) is 5.26.